The van der Waals surface area contributed by atoms with Crippen LogP contribution in [-0.4, -0.2) is 57.0 Å². The van der Waals surface area contributed by atoms with E-state index in [1.54, 1.807) is 6.20 Å². The number of piperidine rings is 1. The number of carbonyl (C=O) groups excluding carboxylic acids is 1. The predicted octanol–water partition coefficient (Wildman–Crippen LogP) is 3.95. The molecule has 2 atom stereocenters. The first kappa shape index (κ1) is 21.2. The average Bonchev–Trinajstić information content (AvgIpc) is 3.25. The standard InChI is InChI=1S/C22H26F3N5O2/c1-21(2,23)20-27-18(28-32-20)14-3-4-17(26-10-14)29-11-15-9-16(12-29)30(15)19(31)13-5-7-22(24,25)8-6-13/h3-4,10,13,15-16H,5-9,11-12H2,1-2H3. The molecule has 7 nitrogen and oxygen atoms in total. The van der Waals surface area contributed by atoms with E-state index in [1.165, 1.54) is 13.8 Å². The van der Waals surface area contributed by atoms with Crippen LogP contribution < -0.4 is 4.90 Å². The van der Waals surface area contributed by atoms with E-state index in [9.17, 15) is 18.0 Å². The largest absolute Gasteiger partial charge is 0.352 e. The van der Waals surface area contributed by atoms with E-state index in [0.29, 0.717) is 18.7 Å². The van der Waals surface area contributed by atoms with Gasteiger partial charge in [-0.15, -0.1) is 0 Å². The van der Waals surface area contributed by atoms with Crippen molar-refractivity contribution in [3.8, 4) is 11.4 Å². The molecule has 172 valence electrons. The van der Waals surface area contributed by atoms with Crippen LogP contribution in [0.4, 0.5) is 19.0 Å². The highest BCUT2D eigenvalue weighted by Crippen LogP contribution is 2.41. The van der Waals surface area contributed by atoms with Crippen molar-refractivity contribution in [2.75, 3.05) is 18.0 Å². The zero-order valence-electron chi connectivity index (χ0n) is 18.1. The van der Waals surface area contributed by atoms with Gasteiger partial charge in [0.05, 0.1) is 12.1 Å². The van der Waals surface area contributed by atoms with Gasteiger partial charge in [-0.05, 0) is 45.2 Å². The second-order valence-corrected chi connectivity index (χ2v) is 9.62. The molecule has 32 heavy (non-hydrogen) atoms. The van der Waals surface area contributed by atoms with E-state index >= 15 is 0 Å². The Morgan fingerprint density at radius 1 is 1.19 bits per heavy atom. The first-order valence-electron chi connectivity index (χ1n) is 11.1. The third-order valence-electron chi connectivity index (χ3n) is 6.78. The Hall–Kier alpha value is -2.65. The summed E-state index contributed by atoms with van der Waals surface area (Å²) in [7, 11) is 0. The van der Waals surface area contributed by atoms with Gasteiger partial charge >= 0.3 is 0 Å². The lowest BCUT2D eigenvalue weighted by Crippen LogP contribution is -2.71. The number of halogens is 3. The van der Waals surface area contributed by atoms with Crippen molar-refractivity contribution in [2.24, 2.45) is 5.92 Å². The molecule has 1 amide bonds. The van der Waals surface area contributed by atoms with Gasteiger partial charge in [0, 0.05) is 43.6 Å². The fourth-order valence-corrected chi connectivity index (χ4v) is 4.94. The van der Waals surface area contributed by atoms with E-state index in [4.69, 9.17) is 4.52 Å². The lowest BCUT2D eigenvalue weighted by Gasteiger charge is -2.57. The van der Waals surface area contributed by atoms with Gasteiger partial charge in [0.25, 0.3) is 5.89 Å². The van der Waals surface area contributed by atoms with Crippen LogP contribution in [0, 0.1) is 5.92 Å². The first-order chi connectivity index (χ1) is 15.1. The van der Waals surface area contributed by atoms with E-state index < -0.39 is 11.6 Å². The van der Waals surface area contributed by atoms with Crippen LogP contribution in [0.2, 0.25) is 0 Å². The third-order valence-corrected chi connectivity index (χ3v) is 6.78. The van der Waals surface area contributed by atoms with Crippen LogP contribution in [0.5, 0.6) is 0 Å². The average molecular weight is 449 g/mol. The molecule has 6 rings (SSSR count). The van der Waals surface area contributed by atoms with Gasteiger partial charge in [-0.1, -0.05) is 5.16 Å². The highest BCUT2D eigenvalue weighted by molar-refractivity contribution is 5.81. The molecule has 2 unspecified atom stereocenters. The number of anilines is 1. The summed E-state index contributed by atoms with van der Waals surface area (Å²) in [6.07, 6.45) is 2.71. The molecular weight excluding hydrogens is 423 g/mol. The number of hydrogen-bond acceptors (Lipinski definition) is 6. The quantitative estimate of drug-likeness (QED) is 0.704. The van der Waals surface area contributed by atoms with Crippen LogP contribution in [0.1, 0.15) is 51.8 Å². The number of rotatable bonds is 4. The van der Waals surface area contributed by atoms with E-state index in [2.05, 4.69) is 20.0 Å². The zero-order valence-corrected chi connectivity index (χ0v) is 18.1. The van der Waals surface area contributed by atoms with Crippen molar-refractivity contribution in [1.29, 1.82) is 0 Å². The van der Waals surface area contributed by atoms with Crippen molar-refractivity contribution in [3.63, 3.8) is 0 Å². The number of fused-ring (bicyclic) bond motifs is 2. The summed E-state index contributed by atoms with van der Waals surface area (Å²) in [5.74, 6) is -1.89. The maximum Gasteiger partial charge on any atom is 0.264 e. The summed E-state index contributed by atoms with van der Waals surface area (Å²) >= 11 is 0. The van der Waals surface area contributed by atoms with E-state index in [-0.39, 0.29) is 61.3 Å². The topological polar surface area (TPSA) is 75.4 Å². The summed E-state index contributed by atoms with van der Waals surface area (Å²) in [5, 5.41) is 3.83. The molecule has 0 aromatic carbocycles. The Labute approximate surface area is 184 Å². The summed E-state index contributed by atoms with van der Waals surface area (Å²) < 4.78 is 45.8. The van der Waals surface area contributed by atoms with Gasteiger partial charge < -0.3 is 14.3 Å². The lowest BCUT2D eigenvalue weighted by molar-refractivity contribution is -0.154. The summed E-state index contributed by atoms with van der Waals surface area (Å²) in [4.78, 5) is 25.6. The van der Waals surface area contributed by atoms with Crippen LogP contribution >= 0.6 is 0 Å². The number of nitrogens with zero attached hydrogens (tertiary/aromatic N) is 5. The molecule has 4 aliphatic rings. The molecule has 0 N–H and O–H groups in total. The second kappa shape index (κ2) is 7.45. The highest BCUT2D eigenvalue weighted by Gasteiger charge is 2.50. The number of amides is 1. The molecule has 2 aromatic heterocycles. The molecular formula is C22H26F3N5O2. The molecule has 2 aromatic rings. The summed E-state index contributed by atoms with van der Waals surface area (Å²) in [6.45, 7) is 4.04. The summed E-state index contributed by atoms with van der Waals surface area (Å²) in [5.41, 5.74) is -1.09. The van der Waals surface area contributed by atoms with E-state index in [0.717, 1.165) is 12.2 Å². The number of pyridine rings is 1. The molecule has 3 saturated heterocycles. The Morgan fingerprint density at radius 3 is 2.44 bits per heavy atom. The Bertz CT molecular complexity index is 982. The highest BCUT2D eigenvalue weighted by atomic mass is 19.3. The molecule has 2 bridgehead atoms. The zero-order chi connectivity index (χ0) is 22.7. The first-order valence-corrected chi connectivity index (χ1v) is 11.1. The minimum atomic E-state index is -2.62. The molecule has 3 aliphatic heterocycles. The SMILES string of the molecule is CC(C)(F)c1nc(-c2ccc(N3CC4CC(C3)N4C(=O)C3CCC(F)(F)CC3)nc2)no1. The monoisotopic (exact) mass is 449 g/mol. The van der Waals surface area contributed by atoms with Crippen LogP contribution in [-0.2, 0) is 10.5 Å². The van der Waals surface area contributed by atoms with Crippen molar-refractivity contribution in [3.05, 3.63) is 24.2 Å². The van der Waals surface area contributed by atoms with Crippen LogP contribution in [0.3, 0.4) is 0 Å². The molecule has 5 heterocycles. The molecule has 0 radical (unpaired) electrons. The van der Waals surface area contributed by atoms with Crippen molar-refractivity contribution in [1.82, 2.24) is 20.0 Å². The Balaban J connectivity index is 1.21. The normalized spacial score (nSPS) is 25.5. The fourth-order valence-electron chi connectivity index (χ4n) is 4.94. The van der Waals surface area contributed by atoms with Gasteiger partial charge in [0.15, 0.2) is 5.67 Å². The van der Waals surface area contributed by atoms with Crippen molar-refractivity contribution < 1.29 is 22.5 Å². The maximum atomic E-state index is 14.0. The second-order valence-electron chi connectivity index (χ2n) is 9.62. The Kier molecular flexibility index (Phi) is 4.94. The van der Waals surface area contributed by atoms with Gasteiger partial charge in [-0.25, -0.2) is 18.2 Å². The number of alkyl halides is 3. The van der Waals surface area contributed by atoms with Crippen molar-refractivity contribution in [2.45, 2.75) is 69.6 Å². The number of carbonyl (C=O) groups is 1. The molecule has 10 heteroatoms. The Morgan fingerprint density at radius 2 is 1.88 bits per heavy atom. The number of hydrogen-bond donors (Lipinski definition) is 0. The minimum absolute atomic E-state index is 0.0356. The molecule has 1 saturated carbocycles. The molecule has 4 fully saturated rings. The third kappa shape index (κ3) is 3.84. The van der Waals surface area contributed by atoms with Crippen molar-refractivity contribution >= 4 is 11.7 Å². The maximum absolute atomic E-state index is 14.0. The number of piperazine rings is 1. The molecule has 0 spiro atoms. The minimum Gasteiger partial charge on any atom is -0.352 e. The van der Waals surface area contributed by atoms with Crippen LogP contribution in [0.25, 0.3) is 11.4 Å². The van der Waals surface area contributed by atoms with E-state index in [1.807, 2.05) is 17.0 Å². The fraction of sp³-hybridized carbons (Fsp3) is 0.636. The van der Waals surface area contributed by atoms with Gasteiger partial charge in [-0.2, -0.15) is 4.98 Å². The van der Waals surface area contributed by atoms with Crippen LogP contribution in [0.15, 0.2) is 22.9 Å². The number of aromatic nitrogens is 3. The smallest absolute Gasteiger partial charge is 0.264 e. The molecule has 1 aliphatic carbocycles. The lowest BCUT2D eigenvalue weighted by atomic mass is 9.81. The van der Waals surface area contributed by atoms with Gasteiger partial charge in [0.2, 0.25) is 17.7 Å². The summed E-state index contributed by atoms with van der Waals surface area (Å²) in [6, 6.07) is 3.85. The van der Waals surface area contributed by atoms with Gasteiger partial charge in [0.1, 0.15) is 5.82 Å². The van der Waals surface area contributed by atoms with Gasteiger partial charge in [-0.3, -0.25) is 4.79 Å². The predicted molar refractivity (Wildman–Crippen MR) is 110 cm³/mol.